The topological polar surface area (TPSA) is 115 Å². The number of aromatic hydroxyl groups is 2. The highest BCUT2D eigenvalue weighted by atomic mass is 32.2. The Labute approximate surface area is 170 Å². The van der Waals surface area contributed by atoms with E-state index < -0.39 is 5.92 Å². The average molecular weight is 409 g/mol. The Bertz CT molecular complexity index is 1160. The number of benzene rings is 2. The molecule has 7 nitrogen and oxygen atoms in total. The summed E-state index contributed by atoms with van der Waals surface area (Å²) in [5.41, 5.74) is 2.86. The molecule has 4 N–H and O–H groups in total. The molecular formula is C21H19N3O4S. The number of hydrogen-bond donors (Lipinski definition) is 4. The van der Waals surface area contributed by atoms with E-state index in [0.717, 1.165) is 11.1 Å². The Morgan fingerprint density at radius 2 is 1.93 bits per heavy atom. The number of amides is 1. The van der Waals surface area contributed by atoms with Crippen molar-refractivity contribution in [1.29, 1.82) is 0 Å². The zero-order valence-corrected chi connectivity index (χ0v) is 16.4. The maximum Gasteiger partial charge on any atom is 0.257 e. The molecule has 0 saturated carbocycles. The van der Waals surface area contributed by atoms with Gasteiger partial charge in [-0.15, -0.1) is 0 Å². The Hall–Kier alpha value is -3.26. The second-order valence-electron chi connectivity index (χ2n) is 6.90. The predicted octanol–water partition coefficient (Wildman–Crippen LogP) is 3.26. The van der Waals surface area contributed by atoms with Crippen LogP contribution in [0.1, 0.15) is 34.6 Å². The number of nitrogens with one attached hydrogen (secondary N) is 2. The first-order valence-corrected chi connectivity index (χ1v) is 10.0. The minimum atomic E-state index is -0.558. The van der Waals surface area contributed by atoms with E-state index in [1.54, 1.807) is 6.07 Å². The third kappa shape index (κ3) is 3.84. The van der Waals surface area contributed by atoms with Crippen molar-refractivity contribution < 1.29 is 15.0 Å². The first kappa shape index (κ1) is 19.1. The molecule has 1 aliphatic rings. The lowest BCUT2D eigenvalue weighted by Crippen LogP contribution is -2.31. The van der Waals surface area contributed by atoms with Crippen molar-refractivity contribution in [3.05, 3.63) is 75.1 Å². The van der Waals surface area contributed by atoms with Gasteiger partial charge in [0, 0.05) is 18.1 Å². The number of aromatic nitrogens is 2. The van der Waals surface area contributed by atoms with Crippen LogP contribution in [-0.4, -0.2) is 26.1 Å². The smallest absolute Gasteiger partial charge is 0.257 e. The SMILES string of the molecule is Cc1ccccc1CSc1nc2c(c(=O)[nH]1)[C@@H](c1ccc(O)c(O)c1)CC(=O)N2. The summed E-state index contributed by atoms with van der Waals surface area (Å²) in [5.74, 6) is -0.513. The van der Waals surface area contributed by atoms with Crippen LogP contribution in [0.15, 0.2) is 52.4 Å². The van der Waals surface area contributed by atoms with E-state index >= 15 is 0 Å². The predicted molar refractivity (Wildman–Crippen MR) is 110 cm³/mol. The number of nitrogens with zero attached hydrogens (tertiary/aromatic N) is 1. The van der Waals surface area contributed by atoms with Crippen molar-refractivity contribution in [3.63, 3.8) is 0 Å². The summed E-state index contributed by atoms with van der Waals surface area (Å²) in [5, 5.41) is 22.4. The lowest BCUT2D eigenvalue weighted by Gasteiger charge is -2.24. The van der Waals surface area contributed by atoms with E-state index in [1.807, 2.05) is 31.2 Å². The molecular weight excluding hydrogens is 390 g/mol. The van der Waals surface area contributed by atoms with E-state index in [-0.39, 0.29) is 35.2 Å². The van der Waals surface area contributed by atoms with Gasteiger partial charge in [0.25, 0.3) is 5.56 Å². The third-order valence-electron chi connectivity index (χ3n) is 4.96. The van der Waals surface area contributed by atoms with Crippen LogP contribution in [0, 0.1) is 6.92 Å². The Balaban J connectivity index is 1.67. The van der Waals surface area contributed by atoms with E-state index in [9.17, 15) is 19.8 Å². The molecule has 2 aromatic carbocycles. The summed E-state index contributed by atoms with van der Waals surface area (Å²) in [6.45, 7) is 2.02. The summed E-state index contributed by atoms with van der Waals surface area (Å²) in [6.07, 6.45) is 0.0532. The highest BCUT2D eigenvalue weighted by Gasteiger charge is 2.31. The minimum absolute atomic E-state index is 0.0532. The number of fused-ring (bicyclic) bond motifs is 1. The third-order valence-corrected chi connectivity index (χ3v) is 5.88. The lowest BCUT2D eigenvalue weighted by atomic mass is 9.86. The van der Waals surface area contributed by atoms with E-state index in [2.05, 4.69) is 15.3 Å². The number of aromatic amines is 1. The maximum atomic E-state index is 12.8. The van der Waals surface area contributed by atoms with Crippen molar-refractivity contribution in [2.75, 3.05) is 5.32 Å². The summed E-state index contributed by atoms with van der Waals surface area (Å²) in [7, 11) is 0. The van der Waals surface area contributed by atoms with Crippen LogP contribution < -0.4 is 10.9 Å². The summed E-state index contributed by atoms with van der Waals surface area (Å²) < 4.78 is 0. The molecule has 1 atom stereocenters. The minimum Gasteiger partial charge on any atom is -0.504 e. The van der Waals surface area contributed by atoms with Crippen LogP contribution >= 0.6 is 11.8 Å². The van der Waals surface area contributed by atoms with E-state index in [4.69, 9.17) is 0 Å². The second kappa shape index (κ2) is 7.63. The summed E-state index contributed by atoms with van der Waals surface area (Å²) >= 11 is 1.39. The molecule has 0 fully saturated rings. The summed E-state index contributed by atoms with van der Waals surface area (Å²) in [4.78, 5) is 32.3. The number of phenolic OH excluding ortho intramolecular Hbond substituents is 2. The Morgan fingerprint density at radius 1 is 1.14 bits per heavy atom. The van der Waals surface area contributed by atoms with E-state index in [1.165, 1.54) is 23.9 Å². The van der Waals surface area contributed by atoms with Crippen molar-refractivity contribution in [2.45, 2.75) is 30.2 Å². The quantitative estimate of drug-likeness (QED) is 0.299. The molecule has 1 amide bonds. The van der Waals surface area contributed by atoms with Gasteiger partial charge < -0.3 is 20.5 Å². The molecule has 0 unspecified atom stereocenters. The van der Waals surface area contributed by atoms with Gasteiger partial charge in [-0.3, -0.25) is 9.59 Å². The molecule has 4 rings (SSSR count). The van der Waals surface area contributed by atoms with Crippen molar-refractivity contribution in [3.8, 4) is 11.5 Å². The largest absolute Gasteiger partial charge is 0.504 e. The van der Waals surface area contributed by atoms with Crippen molar-refractivity contribution in [1.82, 2.24) is 9.97 Å². The van der Waals surface area contributed by atoms with Gasteiger partial charge in [0.05, 0.1) is 5.56 Å². The van der Waals surface area contributed by atoms with Gasteiger partial charge in [-0.2, -0.15) is 0 Å². The van der Waals surface area contributed by atoms with Crippen LogP contribution in [0.4, 0.5) is 5.82 Å². The standard InChI is InChI=1S/C21H19N3O4S/c1-11-4-2-3-5-13(11)10-29-21-23-19-18(20(28)24-21)14(9-17(27)22-19)12-6-7-15(25)16(26)8-12/h2-8,14,25-26H,9-10H2,1H3,(H2,22,23,24,27,28)/t14-/m1/s1. The molecule has 3 aromatic rings. The van der Waals surface area contributed by atoms with Crippen LogP contribution in [0.3, 0.4) is 0 Å². The van der Waals surface area contributed by atoms with Crippen LogP contribution in [-0.2, 0) is 10.5 Å². The van der Waals surface area contributed by atoms with Gasteiger partial charge in [0.2, 0.25) is 5.91 Å². The Kier molecular flexibility index (Phi) is 5.02. The summed E-state index contributed by atoms with van der Waals surface area (Å²) in [6, 6.07) is 12.3. The maximum absolute atomic E-state index is 12.8. The number of phenols is 2. The second-order valence-corrected chi connectivity index (χ2v) is 7.87. The molecule has 148 valence electrons. The number of aryl methyl sites for hydroxylation is 1. The van der Waals surface area contributed by atoms with Gasteiger partial charge in [-0.25, -0.2) is 4.98 Å². The molecule has 0 bridgehead atoms. The van der Waals surface area contributed by atoms with Crippen molar-refractivity contribution >= 4 is 23.5 Å². The van der Waals surface area contributed by atoms with Crippen LogP contribution in [0.25, 0.3) is 0 Å². The number of anilines is 1. The molecule has 1 aliphatic heterocycles. The van der Waals surface area contributed by atoms with Gasteiger partial charge in [-0.1, -0.05) is 42.1 Å². The number of carbonyl (C=O) groups is 1. The number of H-pyrrole nitrogens is 1. The molecule has 0 radical (unpaired) electrons. The van der Waals surface area contributed by atoms with Gasteiger partial charge >= 0.3 is 0 Å². The normalized spacial score (nSPS) is 15.6. The highest BCUT2D eigenvalue weighted by Crippen LogP contribution is 2.37. The van der Waals surface area contributed by atoms with Gasteiger partial charge in [0.15, 0.2) is 16.7 Å². The number of hydrogen-bond acceptors (Lipinski definition) is 6. The zero-order chi connectivity index (χ0) is 20.5. The molecule has 0 spiro atoms. The number of rotatable bonds is 4. The van der Waals surface area contributed by atoms with Crippen molar-refractivity contribution in [2.24, 2.45) is 0 Å². The fourth-order valence-electron chi connectivity index (χ4n) is 3.38. The number of carbonyl (C=O) groups excluding carboxylic acids is 1. The molecule has 29 heavy (non-hydrogen) atoms. The molecule has 8 heteroatoms. The first-order chi connectivity index (χ1) is 13.9. The zero-order valence-electron chi connectivity index (χ0n) is 15.6. The molecule has 0 aliphatic carbocycles. The Morgan fingerprint density at radius 3 is 2.69 bits per heavy atom. The highest BCUT2D eigenvalue weighted by molar-refractivity contribution is 7.98. The van der Waals surface area contributed by atoms with Gasteiger partial charge in [-0.05, 0) is 35.7 Å². The fraction of sp³-hybridized carbons (Fsp3) is 0.190. The number of thioether (sulfide) groups is 1. The monoisotopic (exact) mass is 409 g/mol. The lowest BCUT2D eigenvalue weighted by molar-refractivity contribution is -0.116. The average Bonchev–Trinajstić information content (AvgIpc) is 2.68. The molecule has 1 aromatic heterocycles. The molecule has 0 saturated heterocycles. The van der Waals surface area contributed by atoms with Crippen LogP contribution in [0.2, 0.25) is 0 Å². The fourth-order valence-corrected chi connectivity index (χ4v) is 4.32. The van der Waals surface area contributed by atoms with Gasteiger partial charge in [0.1, 0.15) is 5.82 Å². The molecule has 2 heterocycles. The van der Waals surface area contributed by atoms with E-state index in [0.29, 0.717) is 22.0 Å². The first-order valence-electron chi connectivity index (χ1n) is 9.05. The van der Waals surface area contributed by atoms with Crippen LogP contribution in [0.5, 0.6) is 11.5 Å².